The third kappa shape index (κ3) is 5.87. The minimum absolute atomic E-state index is 0.0355. The summed E-state index contributed by atoms with van der Waals surface area (Å²) in [7, 11) is 0. The second kappa shape index (κ2) is 8.18. The molecule has 0 bridgehead atoms. The number of carbonyl (C=O) groups excluding carboxylic acids is 1. The zero-order valence-corrected chi connectivity index (χ0v) is 13.2. The molecule has 0 saturated carbocycles. The van der Waals surface area contributed by atoms with Crippen molar-refractivity contribution in [2.75, 3.05) is 18.5 Å². The Hall–Kier alpha value is -2.04. The van der Waals surface area contributed by atoms with Crippen molar-refractivity contribution in [2.45, 2.75) is 18.6 Å². The van der Waals surface area contributed by atoms with Crippen molar-refractivity contribution >= 4 is 22.4 Å². The molecule has 6 nitrogen and oxygen atoms in total. The normalized spacial score (nSPS) is 12.8. The first-order chi connectivity index (χ1) is 11.3. The number of aromatic nitrogens is 2. The monoisotopic (exact) mass is 360 g/mol. The summed E-state index contributed by atoms with van der Waals surface area (Å²) < 4.78 is 40.2. The van der Waals surface area contributed by atoms with Crippen LogP contribution < -0.4 is 11.1 Å². The second-order valence-corrected chi connectivity index (χ2v) is 5.81. The van der Waals surface area contributed by atoms with E-state index in [0.717, 1.165) is 5.56 Å². The van der Waals surface area contributed by atoms with Gasteiger partial charge in [0.25, 0.3) is 0 Å². The zero-order valence-electron chi connectivity index (χ0n) is 12.4. The molecule has 0 aliphatic rings. The van der Waals surface area contributed by atoms with Gasteiger partial charge >= 0.3 is 6.18 Å². The van der Waals surface area contributed by atoms with Gasteiger partial charge in [0, 0.05) is 12.2 Å². The Bertz CT molecular complexity index is 664. The number of amides is 1. The summed E-state index contributed by atoms with van der Waals surface area (Å²) in [6, 6.07) is 8.29. The molecule has 1 unspecified atom stereocenters. The zero-order chi connectivity index (χ0) is 17.6. The van der Waals surface area contributed by atoms with Crippen molar-refractivity contribution in [3.05, 3.63) is 30.3 Å². The van der Waals surface area contributed by atoms with Crippen molar-refractivity contribution in [3.63, 3.8) is 0 Å². The number of halogens is 3. The van der Waals surface area contributed by atoms with Crippen LogP contribution in [-0.4, -0.2) is 41.5 Å². The number of nitrogens with zero attached hydrogens (tertiary/aromatic N) is 2. The fourth-order valence-corrected chi connectivity index (χ4v) is 2.45. The molecule has 0 spiro atoms. The molecule has 10 heteroatoms. The van der Waals surface area contributed by atoms with E-state index in [1.807, 2.05) is 30.3 Å². The van der Waals surface area contributed by atoms with E-state index in [-0.39, 0.29) is 18.2 Å². The van der Waals surface area contributed by atoms with Gasteiger partial charge in [0.15, 0.2) is 0 Å². The lowest BCUT2D eigenvalue weighted by Gasteiger charge is -2.11. The van der Waals surface area contributed by atoms with E-state index in [1.54, 1.807) is 0 Å². The molecule has 2 aromatic rings. The molecular formula is C14H15F3N4O2S. The van der Waals surface area contributed by atoms with E-state index in [0.29, 0.717) is 5.01 Å². The van der Waals surface area contributed by atoms with E-state index in [4.69, 9.17) is 5.73 Å². The first-order valence-corrected chi connectivity index (χ1v) is 7.76. The number of hydrogen-bond acceptors (Lipinski definition) is 6. The number of carbonyl (C=O) groups is 1. The topological polar surface area (TPSA) is 90.1 Å². The molecule has 130 valence electrons. The molecule has 0 aliphatic heterocycles. The Balaban J connectivity index is 1.81. The lowest BCUT2D eigenvalue weighted by Crippen LogP contribution is -2.36. The number of alkyl halides is 3. The lowest BCUT2D eigenvalue weighted by atomic mass is 10.2. The Kier molecular flexibility index (Phi) is 6.23. The summed E-state index contributed by atoms with van der Waals surface area (Å²) in [5, 5.41) is 11.2. The van der Waals surface area contributed by atoms with Gasteiger partial charge in [-0.2, -0.15) is 13.2 Å². The summed E-state index contributed by atoms with van der Waals surface area (Å²) in [5.74, 6) is -0.554. The fraction of sp³-hybridized carbons (Fsp3) is 0.357. The minimum Gasteiger partial charge on any atom is -0.372 e. The quantitative estimate of drug-likeness (QED) is 0.740. The molecule has 1 atom stereocenters. The second-order valence-electron chi connectivity index (χ2n) is 4.83. The van der Waals surface area contributed by atoms with Gasteiger partial charge in [0.2, 0.25) is 11.0 Å². The lowest BCUT2D eigenvalue weighted by molar-refractivity contribution is -0.174. The average Bonchev–Trinajstić information content (AvgIpc) is 2.99. The SMILES string of the molecule is NC(CCOCC(F)(F)F)C(=O)Nc1nnc(-c2ccccc2)s1. The van der Waals surface area contributed by atoms with Crippen molar-refractivity contribution in [3.8, 4) is 10.6 Å². The number of anilines is 1. The standard InChI is InChI=1S/C14H15F3N4O2S/c15-14(16,17)8-23-7-6-10(18)11(22)19-13-21-20-12(24-13)9-4-2-1-3-5-9/h1-5,10H,6-8,18H2,(H,19,21,22). The minimum atomic E-state index is -4.40. The van der Waals surface area contributed by atoms with E-state index in [2.05, 4.69) is 20.3 Å². The first-order valence-electron chi connectivity index (χ1n) is 6.95. The van der Waals surface area contributed by atoms with Gasteiger partial charge in [-0.3, -0.25) is 10.1 Å². The predicted molar refractivity (Wildman–Crippen MR) is 83.4 cm³/mol. The van der Waals surface area contributed by atoms with E-state index >= 15 is 0 Å². The molecule has 2 rings (SSSR count). The Morgan fingerprint density at radius 2 is 2.00 bits per heavy atom. The van der Waals surface area contributed by atoms with Crippen molar-refractivity contribution in [2.24, 2.45) is 5.73 Å². The van der Waals surface area contributed by atoms with Gasteiger partial charge in [-0.25, -0.2) is 0 Å². The smallest absolute Gasteiger partial charge is 0.372 e. The number of hydrogen-bond donors (Lipinski definition) is 2. The number of nitrogens with two attached hydrogens (primary N) is 1. The molecule has 0 aliphatic carbocycles. The van der Waals surface area contributed by atoms with Crippen LogP contribution in [0.3, 0.4) is 0 Å². The van der Waals surface area contributed by atoms with Crippen LogP contribution in [0.1, 0.15) is 6.42 Å². The number of benzene rings is 1. The summed E-state index contributed by atoms with van der Waals surface area (Å²) in [4.78, 5) is 11.9. The van der Waals surface area contributed by atoms with Crippen LogP contribution in [0.25, 0.3) is 10.6 Å². The third-order valence-corrected chi connectivity index (χ3v) is 3.74. The molecule has 24 heavy (non-hydrogen) atoms. The van der Waals surface area contributed by atoms with Gasteiger partial charge in [-0.05, 0) is 6.42 Å². The highest BCUT2D eigenvalue weighted by molar-refractivity contribution is 7.18. The highest BCUT2D eigenvalue weighted by Crippen LogP contribution is 2.25. The van der Waals surface area contributed by atoms with Crippen molar-refractivity contribution in [1.29, 1.82) is 0 Å². The van der Waals surface area contributed by atoms with Gasteiger partial charge in [-0.15, -0.1) is 10.2 Å². The summed E-state index contributed by atoms with van der Waals surface area (Å²) in [5.41, 5.74) is 6.48. The number of nitrogens with one attached hydrogen (secondary N) is 1. The van der Waals surface area contributed by atoms with Crippen LogP contribution in [0.5, 0.6) is 0 Å². The van der Waals surface area contributed by atoms with Crippen LogP contribution in [0.2, 0.25) is 0 Å². The van der Waals surface area contributed by atoms with Gasteiger partial charge in [0.05, 0.1) is 6.04 Å². The predicted octanol–water partition coefficient (Wildman–Crippen LogP) is 2.44. The summed E-state index contributed by atoms with van der Waals surface area (Å²) >= 11 is 1.17. The molecule has 0 fully saturated rings. The van der Waals surface area contributed by atoms with Gasteiger partial charge in [-0.1, -0.05) is 41.7 Å². The largest absolute Gasteiger partial charge is 0.411 e. The Labute approximate surface area is 139 Å². The molecular weight excluding hydrogens is 345 g/mol. The van der Waals surface area contributed by atoms with Gasteiger partial charge < -0.3 is 10.5 Å². The van der Waals surface area contributed by atoms with E-state index in [1.165, 1.54) is 11.3 Å². The Morgan fingerprint density at radius 1 is 1.29 bits per heavy atom. The molecule has 0 radical (unpaired) electrons. The van der Waals surface area contributed by atoms with Gasteiger partial charge in [0.1, 0.15) is 11.6 Å². The molecule has 1 heterocycles. The molecule has 1 amide bonds. The average molecular weight is 360 g/mol. The van der Waals surface area contributed by atoms with Crippen LogP contribution in [0.4, 0.5) is 18.3 Å². The first kappa shape index (κ1) is 18.3. The highest BCUT2D eigenvalue weighted by Gasteiger charge is 2.27. The number of ether oxygens (including phenoxy) is 1. The highest BCUT2D eigenvalue weighted by atomic mass is 32.1. The molecule has 0 saturated heterocycles. The number of rotatable bonds is 7. The molecule has 1 aromatic carbocycles. The van der Waals surface area contributed by atoms with Crippen LogP contribution in [-0.2, 0) is 9.53 Å². The van der Waals surface area contributed by atoms with Crippen molar-refractivity contribution < 1.29 is 22.7 Å². The fourth-order valence-electron chi connectivity index (χ4n) is 1.70. The summed E-state index contributed by atoms with van der Waals surface area (Å²) in [6.07, 6.45) is -4.43. The maximum atomic E-state index is 11.9. The van der Waals surface area contributed by atoms with E-state index < -0.39 is 24.7 Å². The maximum Gasteiger partial charge on any atom is 0.411 e. The Morgan fingerprint density at radius 3 is 2.67 bits per heavy atom. The van der Waals surface area contributed by atoms with Crippen molar-refractivity contribution in [1.82, 2.24) is 10.2 Å². The van der Waals surface area contributed by atoms with Crippen LogP contribution >= 0.6 is 11.3 Å². The van der Waals surface area contributed by atoms with E-state index in [9.17, 15) is 18.0 Å². The molecule has 1 aromatic heterocycles. The molecule has 3 N–H and O–H groups in total. The summed E-state index contributed by atoms with van der Waals surface area (Å²) in [6.45, 7) is -1.63. The third-order valence-electron chi connectivity index (χ3n) is 2.85. The van der Waals surface area contributed by atoms with Crippen LogP contribution in [0, 0.1) is 0 Å². The van der Waals surface area contributed by atoms with Crippen LogP contribution in [0.15, 0.2) is 30.3 Å². The maximum absolute atomic E-state index is 11.9.